The maximum atomic E-state index is 11.3. The van der Waals surface area contributed by atoms with E-state index in [1.807, 2.05) is 30.3 Å². The Morgan fingerprint density at radius 2 is 2.08 bits per heavy atom. The van der Waals surface area contributed by atoms with Crippen molar-refractivity contribution >= 4 is 11.4 Å². The number of nitriles is 1. The molecule has 122 valence electrons. The van der Waals surface area contributed by atoms with Crippen LogP contribution in [-0.4, -0.2) is 31.2 Å². The minimum Gasteiger partial charge on any atom is -0.486 e. The van der Waals surface area contributed by atoms with Crippen LogP contribution in [-0.2, 0) is 0 Å². The van der Waals surface area contributed by atoms with Crippen LogP contribution in [0.3, 0.4) is 0 Å². The number of nitrogens with zero attached hydrogens (tertiary/aromatic N) is 3. The molecule has 1 unspecified atom stereocenters. The third-order valence-electron chi connectivity index (χ3n) is 3.76. The van der Waals surface area contributed by atoms with Gasteiger partial charge in [0.1, 0.15) is 12.3 Å². The van der Waals surface area contributed by atoms with Crippen molar-refractivity contribution in [3.63, 3.8) is 0 Å². The summed E-state index contributed by atoms with van der Waals surface area (Å²) in [5.41, 5.74) is 0.583. The average molecular weight is 325 g/mol. The normalized spacial score (nSPS) is 15.4. The molecule has 24 heavy (non-hydrogen) atoms. The largest absolute Gasteiger partial charge is 0.486 e. The second kappa shape index (κ2) is 6.46. The van der Waals surface area contributed by atoms with Gasteiger partial charge in [-0.25, -0.2) is 0 Å². The van der Waals surface area contributed by atoms with Gasteiger partial charge in [0.2, 0.25) is 0 Å². The molecule has 0 spiro atoms. The molecular formula is C17H15N3O4. The lowest BCUT2D eigenvalue weighted by Crippen LogP contribution is -2.39. The molecular weight excluding hydrogens is 310 g/mol. The number of nitro benzene ring substituents is 1. The Hall–Kier alpha value is -3.27. The molecule has 1 heterocycles. The molecule has 0 amide bonds. The Balaban J connectivity index is 1.78. The number of hydrogen-bond acceptors (Lipinski definition) is 6. The van der Waals surface area contributed by atoms with Crippen LogP contribution in [0, 0.1) is 21.4 Å². The van der Waals surface area contributed by atoms with Crippen LogP contribution in [0.5, 0.6) is 11.5 Å². The topological polar surface area (TPSA) is 88.6 Å². The highest BCUT2D eigenvalue weighted by Crippen LogP contribution is 2.32. The molecule has 1 atom stereocenters. The Bertz CT molecular complexity index is 816. The average Bonchev–Trinajstić information content (AvgIpc) is 2.61. The van der Waals surface area contributed by atoms with E-state index in [1.54, 1.807) is 24.1 Å². The van der Waals surface area contributed by atoms with Crippen LogP contribution in [0.4, 0.5) is 11.4 Å². The molecule has 0 aliphatic carbocycles. The number of ether oxygens (including phenoxy) is 2. The van der Waals surface area contributed by atoms with Crippen molar-refractivity contribution in [2.24, 2.45) is 0 Å². The molecule has 0 saturated carbocycles. The molecule has 3 rings (SSSR count). The highest BCUT2D eigenvalue weighted by atomic mass is 16.6. The molecule has 0 N–H and O–H groups in total. The highest BCUT2D eigenvalue weighted by molar-refractivity contribution is 5.65. The number of hydrogen-bond donors (Lipinski definition) is 0. The highest BCUT2D eigenvalue weighted by Gasteiger charge is 2.25. The lowest BCUT2D eigenvalue weighted by atomic mass is 10.1. The molecule has 0 radical (unpaired) electrons. The molecule has 2 aromatic carbocycles. The Morgan fingerprint density at radius 3 is 2.79 bits per heavy atom. The number of likely N-dealkylation sites (N-methyl/N-ethyl adjacent to an activating group) is 1. The van der Waals surface area contributed by atoms with Gasteiger partial charge in [-0.3, -0.25) is 10.1 Å². The molecule has 0 aromatic heterocycles. The van der Waals surface area contributed by atoms with E-state index in [4.69, 9.17) is 14.7 Å². The lowest BCUT2D eigenvalue weighted by Gasteiger charge is -2.30. The van der Waals surface area contributed by atoms with E-state index >= 15 is 0 Å². The molecule has 7 heteroatoms. The van der Waals surface area contributed by atoms with Crippen LogP contribution in [0.15, 0.2) is 42.5 Å². The van der Waals surface area contributed by atoms with E-state index in [-0.39, 0.29) is 17.4 Å². The van der Waals surface area contributed by atoms with Crippen molar-refractivity contribution in [2.45, 2.75) is 6.10 Å². The zero-order valence-electron chi connectivity index (χ0n) is 13.0. The number of benzene rings is 2. The lowest BCUT2D eigenvalue weighted by molar-refractivity contribution is -0.384. The van der Waals surface area contributed by atoms with Crippen molar-refractivity contribution in [3.8, 4) is 17.6 Å². The van der Waals surface area contributed by atoms with Gasteiger partial charge < -0.3 is 14.4 Å². The summed E-state index contributed by atoms with van der Waals surface area (Å²) < 4.78 is 11.5. The van der Waals surface area contributed by atoms with Gasteiger partial charge in [-0.15, -0.1) is 0 Å². The monoisotopic (exact) mass is 325 g/mol. The molecule has 7 nitrogen and oxygen atoms in total. The first kappa shape index (κ1) is 15.6. The summed E-state index contributed by atoms with van der Waals surface area (Å²) in [7, 11) is 1.75. The summed E-state index contributed by atoms with van der Waals surface area (Å²) in [6.07, 6.45) is -0.250. The van der Waals surface area contributed by atoms with Gasteiger partial charge in [0, 0.05) is 13.1 Å². The van der Waals surface area contributed by atoms with Gasteiger partial charge in [0.15, 0.2) is 17.6 Å². The quantitative estimate of drug-likeness (QED) is 0.634. The fraction of sp³-hybridized carbons (Fsp3) is 0.235. The zero-order valence-corrected chi connectivity index (χ0v) is 13.0. The summed E-state index contributed by atoms with van der Waals surface area (Å²) in [4.78, 5) is 12.5. The van der Waals surface area contributed by atoms with Gasteiger partial charge in [-0.05, 0) is 24.3 Å². The molecule has 1 aliphatic rings. The molecule has 2 aromatic rings. The fourth-order valence-electron chi connectivity index (χ4n) is 2.62. The van der Waals surface area contributed by atoms with Crippen molar-refractivity contribution in [1.29, 1.82) is 5.26 Å². The van der Waals surface area contributed by atoms with Crippen molar-refractivity contribution < 1.29 is 14.4 Å². The number of anilines is 1. The van der Waals surface area contributed by atoms with Crippen molar-refractivity contribution in [1.82, 2.24) is 0 Å². The number of para-hydroxylation sites is 2. The second-order valence-corrected chi connectivity index (χ2v) is 5.45. The minimum absolute atomic E-state index is 0.103. The maximum Gasteiger partial charge on any atom is 0.293 e. The van der Waals surface area contributed by atoms with Gasteiger partial charge in [0.05, 0.1) is 23.1 Å². The molecule has 0 saturated heterocycles. The summed E-state index contributed by atoms with van der Waals surface area (Å²) >= 11 is 0. The van der Waals surface area contributed by atoms with Gasteiger partial charge in [-0.2, -0.15) is 5.26 Å². The van der Waals surface area contributed by atoms with E-state index in [1.165, 1.54) is 6.07 Å². The number of nitro groups is 1. The van der Waals surface area contributed by atoms with E-state index in [9.17, 15) is 10.1 Å². The standard InChI is InChI=1S/C17H15N3O4/c1-19(14-7-6-12(9-18)8-15(14)20(21)22)10-13-11-23-16-4-2-3-5-17(16)24-13/h2-8,13H,10-11H2,1H3. The second-order valence-electron chi connectivity index (χ2n) is 5.45. The van der Waals surface area contributed by atoms with E-state index in [0.717, 1.165) is 0 Å². The first-order valence-corrected chi connectivity index (χ1v) is 7.36. The molecule has 0 bridgehead atoms. The fourth-order valence-corrected chi connectivity index (χ4v) is 2.62. The predicted octanol–water partition coefficient (Wildman–Crippen LogP) is 2.74. The Morgan fingerprint density at radius 1 is 1.33 bits per heavy atom. The summed E-state index contributed by atoms with van der Waals surface area (Å²) in [5, 5.41) is 20.2. The van der Waals surface area contributed by atoms with Crippen LogP contribution in [0.25, 0.3) is 0 Å². The summed E-state index contributed by atoms with van der Waals surface area (Å²) in [6, 6.07) is 13.7. The van der Waals surface area contributed by atoms with E-state index < -0.39 is 4.92 Å². The maximum absolute atomic E-state index is 11.3. The zero-order chi connectivity index (χ0) is 17.1. The smallest absolute Gasteiger partial charge is 0.293 e. The first-order chi connectivity index (χ1) is 11.6. The SMILES string of the molecule is CN(CC1COc2ccccc2O1)c1ccc(C#N)cc1[N+](=O)[O-]. The van der Waals surface area contributed by atoms with E-state index in [2.05, 4.69) is 0 Å². The van der Waals surface area contributed by atoms with Crippen molar-refractivity contribution in [2.75, 3.05) is 25.1 Å². The van der Waals surface area contributed by atoms with E-state index in [0.29, 0.717) is 30.3 Å². The first-order valence-electron chi connectivity index (χ1n) is 7.36. The number of fused-ring (bicyclic) bond motifs is 1. The Kier molecular flexibility index (Phi) is 4.20. The van der Waals surface area contributed by atoms with Gasteiger partial charge in [0.25, 0.3) is 5.69 Å². The Labute approximate surface area is 138 Å². The summed E-state index contributed by atoms with van der Waals surface area (Å²) in [5.74, 6) is 1.36. The predicted molar refractivity (Wildman–Crippen MR) is 87.4 cm³/mol. The van der Waals surface area contributed by atoms with Crippen LogP contribution in [0.1, 0.15) is 5.56 Å². The van der Waals surface area contributed by atoms with Crippen LogP contribution >= 0.6 is 0 Å². The van der Waals surface area contributed by atoms with Crippen LogP contribution in [0.2, 0.25) is 0 Å². The van der Waals surface area contributed by atoms with Crippen LogP contribution < -0.4 is 14.4 Å². The van der Waals surface area contributed by atoms with Gasteiger partial charge >= 0.3 is 0 Å². The minimum atomic E-state index is -0.486. The molecule has 0 fully saturated rings. The third kappa shape index (κ3) is 3.08. The van der Waals surface area contributed by atoms with Gasteiger partial charge in [-0.1, -0.05) is 12.1 Å². The number of rotatable bonds is 4. The molecule has 1 aliphatic heterocycles. The third-order valence-corrected chi connectivity index (χ3v) is 3.76. The summed E-state index contributed by atoms with van der Waals surface area (Å²) in [6.45, 7) is 0.784. The van der Waals surface area contributed by atoms with Crippen molar-refractivity contribution in [3.05, 3.63) is 58.1 Å².